The number of aryl methyl sites for hydroxylation is 2. The predicted molar refractivity (Wildman–Crippen MR) is 54.7 cm³/mol. The van der Waals surface area contributed by atoms with Crippen LogP contribution in [0.5, 0.6) is 0 Å². The predicted octanol–water partition coefficient (Wildman–Crippen LogP) is 2.15. The fourth-order valence-corrected chi connectivity index (χ4v) is 1.59. The van der Waals surface area contributed by atoms with Crippen molar-refractivity contribution in [2.75, 3.05) is 0 Å². The van der Waals surface area contributed by atoms with Crippen LogP contribution >= 0.6 is 0 Å². The second-order valence-electron chi connectivity index (χ2n) is 3.45. The Morgan fingerprint density at radius 2 is 2.33 bits per heavy atom. The Hall–Kier alpha value is -1.84. The molecule has 2 aromatic rings. The van der Waals surface area contributed by atoms with Gasteiger partial charge in [-0.3, -0.25) is 4.79 Å². The maximum Gasteiger partial charge on any atom is 0.303 e. The van der Waals surface area contributed by atoms with Crippen molar-refractivity contribution >= 4 is 16.9 Å². The van der Waals surface area contributed by atoms with Gasteiger partial charge in [-0.1, -0.05) is 17.3 Å². The molecular weight excluding hydrogens is 194 g/mol. The highest BCUT2D eigenvalue weighted by Crippen LogP contribution is 2.21. The highest BCUT2D eigenvalue weighted by molar-refractivity contribution is 5.83. The van der Waals surface area contributed by atoms with Gasteiger partial charge in [0.15, 0.2) is 0 Å². The number of hydrogen-bond acceptors (Lipinski definition) is 3. The van der Waals surface area contributed by atoms with Gasteiger partial charge in [0.05, 0.1) is 0 Å². The highest BCUT2D eigenvalue weighted by Gasteiger charge is 2.09. The number of carboxylic acids is 1. The first-order valence-electron chi connectivity index (χ1n) is 4.74. The van der Waals surface area contributed by atoms with Crippen LogP contribution in [0.1, 0.15) is 17.7 Å². The van der Waals surface area contributed by atoms with Gasteiger partial charge in [0.25, 0.3) is 0 Å². The summed E-state index contributed by atoms with van der Waals surface area (Å²) in [6, 6.07) is 5.70. The summed E-state index contributed by atoms with van der Waals surface area (Å²) in [7, 11) is 0. The second-order valence-corrected chi connectivity index (χ2v) is 3.45. The van der Waals surface area contributed by atoms with Crippen LogP contribution in [0.4, 0.5) is 0 Å². The number of fused-ring (bicyclic) bond motifs is 1. The van der Waals surface area contributed by atoms with E-state index in [0.717, 1.165) is 22.2 Å². The molecule has 0 aliphatic rings. The van der Waals surface area contributed by atoms with Crippen LogP contribution in [-0.4, -0.2) is 16.2 Å². The van der Waals surface area contributed by atoms with E-state index in [1.165, 1.54) is 0 Å². The number of carboxylic acid groups (broad SMARTS) is 1. The van der Waals surface area contributed by atoms with Gasteiger partial charge in [0, 0.05) is 11.8 Å². The van der Waals surface area contributed by atoms with E-state index in [2.05, 4.69) is 5.16 Å². The first-order chi connectivity index (χ1) is 7.18. The first-order valence-corrected chi connectivity index (χ1v) is 4.74. The first kappa shape index (κ1) is 9.71. The molecule has 78 valence electrons. The summed E-state index contributed by atoms with van der Waals surface area (Å²) in [5.74, 6) is -0.0330. The average molecular weight is 205 g/mol. The van der Waals surface area contributed by atoms with Crippen molar-refractivity contribution in [2.45, 2.75) is 19.8 Å². The lowest BCUT2D eigenvalue weighted by Crippen LogP contribution is -1.97. The van der Waals surface area contributed by atoms with Gasteiger partial charge in [-0.05, 0) is 25.0 Å². The van der Waals surface area contributed by atoms with Crippen molar-refractivity contribution in [1.29, 1.82) is 0 Å². The van der Waals surface area contributed by atoms with E-state index in [1.807, 2.05) is 25.1 Å². The zero-order valence-corrected chi connectivity index (χ0v) is 8.36. The molecule has 1 aromatic carbocycles. The Bertz CT molecular complexity index is 502. The molecule has 0 aliphatic carbocycles. The van der Waals surface area contributed by atoms with Crippen molar-refractivity contribution in [1.82, 2.24) is 5.16 Å². The zero-order chi connectivity index (χ0) is 10.8. The molecule has 0 aliphatic heterocycles. The Morgan fingerprint density at radius 3 is 3.07 bits per heavy atom. The maximum absolute atomic E-state index is 10.5. The van der Waals surface area contributed by atoms with Crippen LogP contribution in [-0.2, 0) is 11.2 Å². The summed E-state index contributed by atoms with van der Waals surface area (Å²) in [5.41, 5.74) is 1.70. The molecule has 1 aromatic heterocycles. The van der Waals surface area contributed by atoms with Gasteiger partial charge in [-0.25, -0.2) is 0 Å². The van der Waals surface area contributed by atoms with E-state index in [-0.39, 0.29) is 6.42 Å². The molecule has 4 heteroatoms. The van der Waals surface area contributed by atoms with Crippen LogP contribution in [0.2, 0.25) is 0 Å². The number of aliphatic carboxylic acids is 1. The lowest BCUT2D eigenvalue weighted by molar-refractivity contribution is -0.136. The molecule has 0 amide bonds. The SMILES string of the molecule is Cc1onc2c(CCC(=O)O)cccc12. The molecule has 1 N–H and O–H groups in total. The van der Waals surface area contributed by atoms with Gasteiger partial charge in [0.2, 0.25) is 0 Å². The molecule has 0 saturated heterocycles. The minimum atomic E-state index is -0.799. The molecule has 4 nitrogen and oxygen atoms in total. The van der Waals surface area contributed by atoms with Gasteiger partial charge >= 0.3 is 5.97 Å². The Morgan fingerprint density at radius 1 is 1.53 bits per heavy atom. The minimum absolute atomic E-state index is 0.116. The molecule has 0 atom stereocenters. The van der Waals surface area contributed by atoms with E-state index in [9.17, 15) is 4.79 Å². The van der Waals surface area contributed by atoms with Gasteiger partial charge < -0.3 is 9.63 Å². The third-order valence-electron chi connectivity index (χ3n) is 2.38. The van der Waals surface area contributed by atoms with E-state index < -0.39 is 5.97 Å². The summed E-state index contributed by atoms with van der Waals surface area (Å²) in [5, 5.41) is 13.5. The molecule has 0 radical (unpaired) electrons. The highest BCUT2D eigenvalue weighted by atomic mass is 16.5. The molecule has 0 saturated carbocycles. The summed E-state index contributed by atoms with van der Waals surface area (Å²) in [4.78, 5) is 10.5. The average Bonchev–Trinajstić information content (AvgIpc) is 2.58. The molecule has 0 spiro atoms. The Kier molecular flexibility index (Phi) is 2.41. The standard InChI is InChI=1S/C11H11NO3/c1-7-9-4-2-3-8(5-6-10(13)14)11(9)12-15-7/h2-4H,5-6H2,1H3,(H,13,14). The monoisotopic (exact) mass is 205 g/mol. The number of carbonyl (C=O) groups is 1. The quantitative estimate of drug-likeness (QED) is 0.833. The van der Waals surface area contributed by atoms with Gasteiger partial charge in [-0.15, -0.1) is 0 Å². The number of aromatic nitrogens is 1. The fourth-order valence-electron chi connectivity index (χ4n) is 1.59. The van der Waals surface area contributed by atoms with E-state index in [0.29, 0.717) is 6.42 Å². The third kappa shape index (κ3) is 1.83. The Labute approximate surface area is 86.5 Å². The van der Waals surface area contributed by atoms with E-state index in [1.54, 1.807) is 0 Å². The van der Waals surface area contributed by atoms with Crippen LogP contribution < -0.4 is 0 Å². The van der Waals surface area contributed by atoms with Crippen LogP contribution in [0.25, 0.3) is 10.9 Å². The lowest BCUT2D eigenvalue weighted by atomic mass is 10.1. The van der Waals surface area contributed by atoms with Crippen LogP contribution in [0, 0.1) is 6.92 Å². The van der Waals surface area contributed by atoms with Gasteiger partial charge in [-0.2, -0.15) is 0 Å². The lowest BCUT2D eigenvalue weighted by Gasteiger charge is -1.98. The van der Waals surface area contributed by atoms with Crippen molar-refractivity contribution < 1.29 is 14.4 Å². The minimum Gasteiger partial charge on any atom is -0.481 e. The summed E-state index contributed by atoms with van der Waals surface area (Å²) in [6.07, 6.45) is 0.601. The number of nitrogens with zero attached hydrogens (tertiary/aromatic N) is 1. The second kappa shape index (κ2) is 3.73. The van der Waals surface area contributed by atoms with Crippen LogP contribution in [0.3, 0.4) is 0 Å². The topological polar surface area (TPSA) is 63.3 Å². The maximum atomic E-state index is 10.5. The zero-order valence-electron chi connectivity index (χ0n) is 8.36. The summed E-state index contributed by atoms with van der Waals surface area (Å²) >= 11 is 0. The van der Waals surface area contributed by atoms with Crippen molar-refractivity contribution in [3.8, 4) is 0 Å². The molecule has 1 heterocycles. The normalized spacial score (nSPS) is 10.7. The molecular formula is C11H11NO3. The van der Waals surface area contributed by atoms with Crippen LogP contribution in [0.15, 0.2) is 22.7 Å². The summed E-state index contributed by atoms with van der Waals surface area (Å²) in [6.45, 7) is 1.84. The molecule has 0 unspecified atom stereocenters. The molecule has 0 fully saturated rings. The molecule has 2 rings (SSSR count). The van der Waals surface area contributed by atoms with Crippen molar-refractivity contribution in [2.24, 2.45) is 0 Å². The largest absolute Gasteiger partial charge is 0.481 e. The number of hydrogen-bond donors (Lipinski definition) is 1. The van der Waals surface area contributed by atoms with Crippen molar-refractivity contribution in [3.63, 3.8) is 0 Å². The van der Waals surface area contributed by atoms with Gasteiger partial charge in [0.1, 0.15) is 11.3 Å². The molecule has 15 heavy (non-hydrogen) atoms. The van der Waals surface area contributed by atoms with E-state index in [4.69, 9.17) is 9.63 Å². The Balaban J connectivity index is 2.38. The van der Waals surface area contributed by atoms with Crippen molar-refractivity contribution in [3.05, 3.63) is 29.5 Å². The fraction of sp³-hybridized carbons (Fsp3) is 0.273. The molecule has 0 bridgehead atoms. The smallest absolute Gasteiger partial charge is 0.303 e. The summed E-state index contributed by atoms with van der Waals surface area (Å²) < 4.78 is 5.06. The number of benzene rings is 1. The third-order valence-corrected chi connectivity index (χ3v) is 2.38. The van der Waals surface area contributed by atoms with E-state index >= 15 is 0 Å². The number of rotatable bonds is 3.